The Hall–Kier alpha value is -2.33. The Morgan fingerprint density at radius 3 is 2.48 bits per heavy atom. The molecule has 1 aliphatic rings. The number of benzene rings is 1. The van der Waals surface area contributed by atoms with Gasteiger partial charge >= 0.3 is 6.09 Å². The smallest absolute Gasteiger partial charge is 0.410 e. The van der Waals surface area contributed by atoms with Crippen LogP contribution in [-0.2, 0) is 21.3 Å². The number of likely N-dealkylation sites (tertiary alicyclic amines) is 1. The topological polar surface area (TPSA) is 112 Å². The van der Waals surface area contributed by atoms with Gasteiger partial charge < -0.3 is 20.3 Å². The Labute approximate surface area is 173 Å². The Morgan fingerprint density at radius 1 is 1.24 bits per heavy atom. The highest BCUT2D eigenvalue weighted by Crippen LogP contribution is 2.15. The van der Waals surface area contributed by atoms with E-state index in [2.05, 4.69) is 20.3 Å². The summed E-state index contributed by atoms with van der Waals surface area (Å²) < 4.78 is 32.2. The number of guanidine groups is 1. The van der Waals surface area contributed by atoms with E-state index in [9.17, 15) is 13.2 Å². The van der Waals surface area contributed by atoms with E-state index in [0.29, 0.717) is 19.0 Å². The maximum atomic E-state index is 12.1. The van der Waals surface area contributed by atoms with E-state index >= 15 is 0 Å². The highest BCUT2D eigenvalue weighted by molar-refractivity contribution is 7.89. The number of rotatable bonds is 7. The SMILES string of the molecule is CN=C(NCCS(=O)(=O)NCc1ccccc1)NC1CN(C(=O)OC(C)(C)C)C1. The molecule has 1 saturated heterocycles. The Kier molecular flexibility index (Phi) is 7.86. The predicted octanol–water partition coefficient (Wildman–Crippen LogP) is 0.890. The molecule has 0 saturated carbocycles. The average molecular weight is 426 g/mol. The van der Waals surface area contributed by atoms with E-state index in [1.807, 2.05) is 51.1 Å². The number of amides is 1. The Morgan fingerprint density at radius 2 is 1.90 bits per heavy atom. The Bertz CT molecular complexity index is 800. The number of aliphatic imine (C=N–C) groups is 1. The van der Waals surface area contributed by atoms with Gasteiger partial charge in [0, 0.05) is 33.2 Å². The van der Waals surface area contributed by atoms with Crippen LogP contribution in [0.15, 0.2) is 35.3 Å². The molecule has 2 rings (SSSR count). The maximum absolute atomic E-state index is 12.1. The molecular weight excluding hydrogens is 394 g/mol. The van der Waals surface area contributed by atoms with Gasteiger partial charge in [-0.25, -0.2) is 17.9 Å². The molecule has 3 N–H and O–H groups in total. The summed E-state index contributed by atoms with van der Waals surface area (Å²) in [6.07, 6.45) is -0.339. The minimum atomic E-state index is -3.41. The first-order chi connectivity index (χ1) is 13.6. The van der Waals surface area contributed by atoms with Crippen molar-refractivity contribution in [3.63, 3.8) is 0 Å². The summed E-state index contributed by atoms with van der Waals surface area (Å²) in [6, 6.07) is 9.39. The molecule has 0 unspecified atom stereocenters. The lowest BCUT2D eigenvalue weighted by atomic mass is 10.1. The fourth-order valence-corrected chi connectivity index (χ4v) is 3.50. The number of nitrogens with one attached hydrogen (secondary N) is 3. The van der Waals surface area contributed by atoms with Gasteiger partial charge in [-0.3, -0.25) is 4.99 Å². The predicted molar refractivity (Wildman–Crippen MR) is 113 cm³/mol. The van der Waals surface area contributed by atoms with Crippen molar-refractivity contribution in [1.82, 2.24) is 20.3 Å². The zero-order valence-corrected chi connectivity index (χ0v) is 18.3. The van der Waals surface area contributed by atoms with Crippen molar-refractivity contribution >= 4 is 22.1 Å². The van der Waals surface area contributed by atoms with Crippen LogP contribution in [0.4, 0.5) is 4.79 Å². The van der Waals surface area contributed by atoms with Crippen molar-refractivity contribution in [3.05, 3.63) is 35.9 Å². The van der Waals surface area contributed by atoms with Gasteiger partial charge in [-0.15, -0.1) is 0 Å². The highest BCUT2D eigenvalue weighted by Gasteiger charge is 2.34. The van der Waals surface area contributed by atoms with Gasteiger partial charge in [0.2, 0.25) is 10.0 Å². The number of hydrogen-bond acceptors (Lipinski definition) is 5. The van der Waals surface area contributed by atoms with Crippen LogP contribution in [0, 0.1) is 0 Å². The number of hydrogen-bond donors (Lipinski definition) is 3. The lowest BCUT2D eigenvalue weighted by Gasteiger charge is -2.40. The van der Waals surface area contributed by atoms with E-state index in [4.69, 9.17) is 4.74 Å². The summed E-state index contributed by atoms with van der Waals surface area (Å²) >= 11 is 0. The van der Waals surface area contributed by atoms with E-state index in [1.165, 1.54) is 0 Å². The van der Waals surface area contributed by atoms with Gasteiger partial charge in [0.25, 0.3) is 0 Å². The average Bonchev–Trinajstić information content (AvgIpc) is 2.60. The first-order valence-electron chi connectivity index (χ1n) is 9.54. The van der Waals surface area contributed by atoms with Crippen molar-refractivity contribution in [1.29, 1.82) is 0 Å². The minimum Gasteiger partial charge on any atom is -0.444 e. The molecule has 29 heavy (non-hydrogen) atoms. The molecule has 0 aliphatic carbocycles. The molecule has 0 bridgehead atoms. The van der Waals surface area contributed by atoms with Gasteiger partial charge in [-0.2, -0.15) is 0 Å². The van der Waals surface area contributed by atoms with Gasteiger partial charge in [-0.05, 0) is 26.3 Å². The molecule has 1 heterocycles. The molecule has 1 fully saturated rings. The second-order valence-electron chi connectivity index (χ2n) is 7.85. The van der Waals surface area contributed by atoms with Crippen LogP contribution >= 0.6 is 0 Å². The molecule has 0 aromatic heterocycles. The molecule has 1 aromatic rings. The van der Waals surface area contributed by atoms with Crippen molar-refractivity contribution in [3.8, 4) is 0 Å². The summed E-state index contributed by atoms with van der Waals surface area (Å²) in [5.74, 6) is 0.423. The van der Waals surface area contributed by atoms with Crippen LogP contribution in [0.25, 0.3) is 0 Å². The molecule has 10 heteroatoms. The van der Waals surface area contributed by atoms with Crippen LogP contribution in [0.1, 0.15) is 26.3 Å². The van der Waals surface area contributed by atoms with Crippen LogP contribution in [-0.4, -0.2) is 69.4 Å². The number of carbonyl (C=O) groups is 1. The van der Waals surface area contributed by atoms with Gasteiger partial charge in [0.15, 0.2) is 5.96 Å². The van der Waals surface area contributed by atoms with Crippen molar-refractivity contribution < 1.29 is 17.9 Å². The summed E-state index contributed by atoms with van der Waals surface area (Å²) in [6.45, 7) is 6.98. The summed E-state index contributed by atoms with van der Waals surface area (Å²) in [4.78, 5) is 17.6. The Balaban J connectivity index is 1.67. The number of carbonyl (C=O) groups excluding carboxylic acids is 1. The van der Waals surface area contributed by atoms with E-state index in [0.717, 1.165) is 5.56 Å². The first-order valence-corrected chi connectivity index (χ1v) is 11.2. The summed E-state index contributed by atoms with van der Waals surface area (Å²) in [5, 5.41) is 6.16. The number of nitrogens with zero attached hydrogens (tertiary/aromatic N) is 2. The first kappa shape index (κ1) is 23.0. The second-order valence-corrected chi connectivity index (χ2v) is 9.78. The summed E-state index contributed by atoms with van der Waals surface area (Å²) in [5.41, 5.74) is 0.383. The third kappa shape index (κ3) is 8.28. The number of ether oxygens (including phenoxy) is 1. The third-order valence-corrected chi connectivity index (χ3v) is 5.43. The lowest BCUT2D eigenvalue weighted by Crippen LogP contribution is -2.63. The van der Waals surface area contributed by atoms with Gasteiger partial charge in [0.1, 0.15) is 5.60 Å². The maximum Gasteiger partial charge on any atom is 0.410 e. The largest absolute Gasteiger partial charge is 0.444 e. The van der Waals surface area contributed by atoms with Crippen molar-refractivity contribution in [2.24, 2.45) is 4.99 Å². The monoisotopic (exact) mass is 425 g/mol. The number of sulfonamides is 1. The molecule has 9 nitrogen and oxygen atoms in total. The van der Waals surface area contributed by atoms with Crippen molar-refractivity contribution in [2.75, 3.05) is 32.4 Å². The van der Waals surface area contributed by atoms with E-state index in [1.54, 1.807) is 11.9 Å². The molecule has 0 radical (unpaired) electrons. The van der Waals surface area contributed by atoms with E-state index in [-0.39, 0.29) is 31.0 Å². The van der Waals surface area contributed by atoms with Crippen LogP contribution in [0.5, 0.6) is 0 Å². The zero-order valence-electron chi connectivity index (χ0n) is 17.4. The minimum absolute atomic E-state index is 0.0431. The molecular formula is C19H31N5O4S. The third-order valence-electron chi connectivity index (χ3n) is 4.10. The molecule has 0 atom stereocenters. The molecule has 1 amide bonds. The fraction of sp³-hybridized carbons (Fsp3) is 0.579. The molecule has 1 aromatic carbocycles. The van der Waals surface area contributed by atoms with Crippen LogP contribution in [0.3, 0.4) is 0 Å². The summed E-state index contributed by atoms with van der Waals surface area (Å²) in [7, 11) is -1.79. The molecule has 162 valence electrons. The van der Waals surface area contributed by atoms with Crippen LogP contribution < -0.4 is 15.4 Å². The van der Waals surface area contributed by atoms with Gasteiger partial charge in [-0.1, -0.05) is 30.3 Å². The van der Waals surface area contributed by atoms with Crippen LogP contribution in [0.2, 0.25) is 0 Å². The second kappa shape index (κ2) is 9.93. The molecule has 0 spiro atoms. The van der Waals surface area contributed by atoms with Crippen molar-refractivity contribution in [2.45, 2.75) is 39.0 Å². The van der Waals surface area contributed by atoms with E-state index < -0.39 is 15.6 Å². The quantitative estimate of drug-likeness (QED) is 0.442. The lowest BCUT2D eigenvalue weighted by molar-refractivity contribution is 0.00701. The normalized spacial score (nSPS) is 15.6. The zero-order chi connectivity index (χ0) is 21.5. The van der Waals surface area contributed by atoms with Gasteiger partial charge in [0.05, 0.1) is 11.8 Å². The molecule has 1 aliphatic heterocycles. The standard InChI is InChI=1S/C19H31N5O4S/c1-19(2,3)28-18(25)24-13-16(14-24)23-17(20-4)21-10-11-29(26,27)22-12-15-8-6-5-7-9-15/h5-9,16,22H,10-14H2,1-4H3,(H2,20,21,23). The highest BCUT2D eigenvalue weighted by atomic mass is 32.2. The fourth-order valence-electron chi connectivity index (χ4n) is 2.60.